The number of anilines is 1. The van der Waals surface area contributed by atoms with Gasteiger partial charge in [-0.2, -0.15) is 11.8 Å². The number of hydrogen-bond acceptors (Lipinski definition) is 18. The predicted molar refractivity (Wildman–Crippen MR) is 395 cm³/mol. The maximum absolute atomic E-state index is 14.5. The third kappa shape index (κ3) is 25.8. The number of nitrogens with zero attached hydrogens (tertiary/aromatic N) is 4. The Bertz CT molecular complexity index is 3630. The molecule has 12 amide bonds. The Labute approximate surface area is 616 Å². The molecule has 18 N–H and O–H groups in total. The van der Waals surface area contributed by atoms with Gasteiger partial charge in [-0.05, 0) is 125 Å². The summed E-state index contributed by atoms with van der Waals surface area (Å²) in [5.74, 6) is -9.47. The van der Waals surface area contributed by atoms with E-state index in [-0.39, 0.29) is 86.8 Å². The van der Waals surface area contributed by atoms with Crippen LogP contribution in [0.1, 0.15) is 141 Å². The van der Waals surface area contributed by atoms with Gasteiger partial charge in [0.25, 0.3) is 5.91 Å². The van der Waals surface area contributed by atoms with Gasteiger partial charge in [0.05, 0.1) is 26.0 Å². The van der Waals surface area contributed by atoms with Gasteiger partial charge in [-0.25, -0.2) is 9.78 Å². The third-order valence-electron chi connectivity index (χ3n) is 19.2. The molecule has 1 aliphatic heterocycles. The van der Waals surface area contributed by atoms with E-state index in [2.05, 4.69) is 109 Å². The molecule has 10 atom stereocenters. The monoisotopic (exact) mass is 1480 g/mol. The summed E-state index contributed by atoms with van der Waals surface area (Å²) in [6, 6.07) is 4.36. The number of amides is 12. The molecule has 2 aromatic carbocycles. The van der Waals surface area contributed by atoms with Crippen molar-refractivity contribution < 1.29 is 73.2 Å². The number of thioether (sulfide) groups is 1. The molecule has 2 fully saturated rings. The van der Waals surface area contributed by atoms with E-state index >= 15 is 0 Å². The fourth-order valence-electron chi connectivity index (χ4n) is 13.7. The largest absolute Gasteiger partial charge is 0.480 e. The van der Waals surface area contributed by atoms with Crippen LogP contribution in [0.3, 0.4) is 0 Å². The number of carbonyl (C=O) groups is 13. The highest BCUT2D eigenvalue weighted by Crippen LogP contribution is 2.36. The van der Waals surface area contributed by atoms with E-state index in [4.69, 9.17) is 5.73 Å². The summed E-state index contributed by atoms with van der Waals surface area (Å²) in [7, 11) is 0. The minimum atomic E-state index is -1.46. The van der Waals surface area contributed by atoms with Gasteiger partial charge in [0.15, 0.2) is 0 Å². The summed E-state index contributed by atoms with van der Waals surface area (Å²) in [5, 5.41) is 37.3. The van der Waals surface area contributed by atoms with Crippen LogP contribution in [0.4, 0.5) is 5.69 Å². The molecule has 6 rings (SSSR count). The minimum absolute atomic E-state index is 0.0393. The second-order valence-corrected chi connectivity index (χ2v) is 28.8. The first-order valence-corrected chi connectivity index (χ1v) is 37.5. The van der Waals surface area contributed by atoms with Gasteiger partial charge in [-0.1, -0.05) is 79.5 Å². The number of carboxylic acid groups (broad SMARTS) is 1. The van der Waals surface area contributed by atoms with Gasteiger partial charge < -0.3 is 74.0 Å². The van der Waals surface area contributed by atoms with E-state index in [0.717, 1.165) is 32.2 Å². The number of carboxylic acids is 1. The first-order chi connectivity index (χ1) is 50.0. The van der Waals surface area contributed by atoms with Gasteiger partial charge in [0.2, 0.25) is 59.1 Å². The van der Waals surface area contributed by atoms with Crippen LogP contribution >= 0.6 is 11.8 Å². The summed E-state index contributed by atoms with van der Waals surface area (Å²) < 4.78 is 0. The van der Waals surface area contributed by atoms with E-state index < -0.39 is 131 Å². The number of H-pyrrole nitrogens is 2. The Morgan fingerprint density at radius 2 is 1.30 bits per heavy atom. The third-order valence-corrected chi connectivity index (χ3v) is 19.9. The van der Waals surface area contributed by atoms with Crippen molar-refractivity contribution in [2.75, 3.05) is 69.7 Å². The number of carbonyl (C=O) groups excluding carboxylic acids is 12. The van der Waals surface area contributed by atoms with Crippen LogP contribution < -0.4 is 64.6 Å². The zero-order chi connectivity index (χ0) is 77.1. The summed E-state index contributed by atoms with van der Waals surface area (Å²) in [5.41, 5.74) is 10.6. The first-order valence-electron chi connectivity index (χ1n) is 36.1. The Balaban J connectivity index is 1.07. The number of hydrogen-bond donors (Lipinski definition) is 15. The highest BCUT2D eigenvalue weighted by atomic mass is 32.2. The van der Waals surface area contributed by atoms with E-state index in [1.54, 1.807) is 38.2 Å². The first kappa shape index (κ1) is 84.6. The lowest BCUT2D eigenvalue weighted by atomic mass is 9.88. The normalized spacial score (nSPS) is 18.1. The SMILES string of the molecule is CCN1CC(CCC(=O)NCC(=O)Nc2ccc(C(=O)NC(CCC(N)=O)C(=O)NC(Cc3c[nH]c4ccccc34)C(=O)NC(C)C(=O)NC(C(=O)NCC(=O)NC(Cc3cnc[nH]3)C(=O)NC(CC(C)C)C(=O)NC(CCSC)C([NH3+])=O)C(C)C)cc2)(N(CC)CC)CN(CC(=O)O)C2CCCCC21. The van der Waals surface area contributed by atoms with Gasteiger partial charge in [0.1, 0.15) is 42.3 Å². The van der Waals surface area contributed by atoms with E-state index in [0.29, 0.717) is 66.9 Å². The standard InChI is InChI=1S/C72H108N18O14S/c1-10-88-39-72(90(11-2)12-3,40-89(38-62(95)96)57-20-16-15-19-56(57)88)29-27-59(92)77-36-60(93)81-47-23-21-45(22-24-47)66(99)84-52(25-26-58(73)91)67(100)86-54(32-46-34-76-50-18-14-13-17-49(46)50)68(101)80-44(8)65(98)87-63(43(6)7)71(104)78-37-61(94)82-55(33-48-35-75-41-79-48)70(103)85-53(31-42(4)5)69(102)83-51(64(74)97)28-30-105-9/h13-14,17-18,21-24,34-35,41-44,51-57,63,76H,10-12,15-16,19-20,25-33,36-40H2,1-9H3,(H2,73,91)(H2,74,97)(H,75,79)(H,77,92)(H,78,104)(H,80,101)(H,81,93)(H,82,94)(H,83,102)(H,84,99)(H,85,103)(H,86,100)(H,87,98)(H,95,96)/p+1. The number of primary amides is 1. The van der Waals surface area contributed by atoms with Crippen molar-refractivity contribution in [3.8, 4) is 0 Å². The van der Waals surface area contributed by atoms with E-state index in [1.807, 2.05) is 26.2 Å². The van der Waals surface area contributed by atoms with Gasteiger partial charge in [0, 0.05) is 96.6 Å². The summed E-state index contributed by atoms with van der Waals surface area (Å²) in [4.78, 5) is 192. The second-order valence-electron chi connectivity index (χ2n) is 27.8. The average molecular weight is 1480 g/mol. The predicted octanol–water partition coefficient (Wildman–Crippen LogP) is -0.0423. The van der Waals surface area contributed by atoms with Crippen molar-refractivity contribution in [3.63, 3.8) is 0 Å². The van der Waals surface area contributed by atoms with Crippen molar-refractivity contribution in [2.45, 2.75) is 192 Å². The Morgan fingerprint density at radius 3 is 1.91 bits per heavy atom. The van der Waals surface area contributed by atoms with Crippen molar-refractivity contribution in [1.82, 2.24) is 77.5 Å². The highest BCUT2D eigenvalue weighted by Gasteiger charge is 2.48. The van der Waals surface area contributed by atoms with Crippen molar-refractivity contribution in [2.24, 2.45) is 17.6 Å². The number of aromatic amines is 2. The number of fused-ring (bicyclic) bond motifs is 2. The molecule has 3 heterocycles. The van der Waals surface area contributed by atoms with Crippen LogP contribution in [0.2, 0.25) is 0 Å². The lowest BCUT2D eigenvalue weighted by Gasteiger charge is -2.46. The van der Waals surface area contributed by atoms with Crippen molar-refractivity contribution in [3.05, 3.63) is 84.1 Å². The number of nitrogens with one attached hydrogen (secondary N) is 12. The number of rotatable bonds is 42. The average Bonchev–Trinajstić information content (AvgIpc) is 1.64. The van der Waals surface area contributed by atoms with Gasteiger partial charge >= 0.3 is 11.9 Å². The minimum Gasteiger partial charge on any atom is -0.480 e. The molecule has 0 radical (unpaired) electrons. The molecular formula is C72H109N18O14S+. The lowest BCUT2D eigenvalue weighted by molar-refractivity contribution is -0.308. The highest BCUT2D eigenvalue weighted by molar-refractivity contribution is 7.98. The maximum atomic E-state index is 14.5. The zero-order valence-electron chi connectivity index (χ0n) is 61.8. The molecule has 1 aliphatic carbocycles. The van der Waals surface area contributed by atoms with Crippen LogP contribution in [-0.4, -0.2) is 236 Å². The van der Waals surface area contributed by atoms with Crippen LogP contribution in [0.15, 0.2) is 67.3 Å². The molecule has 576 valence electrons. The van der Waals surface area contributed by atoms with Crippen LogP contribution in [0.5, 0.6) is 0 Å². The Kier molecular flexibility index (Phi) is 33.4. The summed E-state index contributed by atoms with van der Waals surface area (Å²) in [6.45, 7) is 16.8. The molecular weight excluding hydrogens is 1370 g/mol. The lowest BCUT2D eigenvalue weighted by Crippen LogP contribution is -2.67. The molecule has 2 aliphatic rings. The van der Waals surface area contributed by atoms with Gasteiger partial charge in [-0.3, -0.25) is 78.0 Å². The number of benzene rings is 2. The zero-order valence-corrected chi connectivity index (χ0v) is 62.6. The fourth-order valence-corrected chi connectivity index (χ4v) is 14.2. The van der Waals surface area contributed by atoms with E-state index in [1.165, 1.54) is 55.5 Å². The number of likely N-dealkylation sites (N-methyl/N-ethyl adjacent to an activating group) is 2. The van der Waals surface area contributed by atoms with Crippen LogP contribution in [0.25, 0.3) is 10.9 Å². The summed E-state index contributed by atoms with van der Waals surface area (Å²) in [6.07, 6.45) is 10.4. The molecule has 2 aromatic heterocycles. The molecule has 1 saturated heterocycles. The molecule has 1 saturated carbocycles. The molecule has 33 heteroatoms. The Morgan fingerprint density at radius 1 is 0.676 bits per heavy atom. The maximum Gasteiger partial charge on any atom is 0.331 e. The van der Waals surface area contributed by atoms with Crippen LogP contribution in [-0.2, 0) is 70.4 Å². The van der Waals surface area contributed by atoms with Gasteiger partial charge in [-0.15, -0.1) is 0 Å². The number of nitrogens with two attached hydrogens (primary N) is 1. The number of quaternary nitrogens is 1. The number of imidazole rings is 1. The van der Waals surface area contributed by atoms with Crippen molar-refractivity contribution >= 4 is 105 Å². The molecule has 0 bridgehead atoms. The molecule has 32 nitrogen and oxygen atoms in total. The molecule has 4 aromatic rings. The smallest absolute Gasteiger partial charge is 0.331 e. The second kappa shape index (κ2) is 41.4. The molecule has 105 heavy (non-hydrogen) atoms. The van der Waals surface area contributed by atoms with Crippen molar-refractivity contribution in [1.29, 1.82) is 0 Å². The topological polar surface area (TPSA) is 470 Å². The van der Waals surface area contributed by atoms with E-state index in [9.17, 15) is 67.4 Å². The fraction of sp³-hybridized carbons (Fsp3) is 0.583. The quantitative estimate of drug-likeness (QED) is 0.0277. The molecule has 0 spiro atoms. The number of aliphatic carboxylic acids is 1. The Hall–Kier alpha value is -9.31. The van der Waals surface area contributed by atoms with Crippen LogP contribution in [0, 0.1) is 11.8 Å². The summed E-state index contributed by atoms with van der Waals surface area (Å²) >= 11 is 1.49. The number of para-hydroxylation sites is 1. The molecule has 10 unspecified atom stereocenters. The number of aromatic nitrogens is 3.